The summed E-state index contributed by atoms with van der Waals surface area (Å²) in [4.78, 5) is 15.6. The molecule has 21 heavy (non-hydrogen) atoms. The largest absolute Gasteiger partial charge is 0.481 e. The molecule has 2 N–H and O–H groups in total. The summed E-state index contributed by atoms with van der Waals surface area (Å²) in [7, 11) is 0. The molecule has 0 spiro atoms. The van der Waals surface area contributed by atoms with Crippen molar-refractivity contribution < 1.29 is 9.90 Å². The van der Waals surface area contributed by atoms with Gasteiger partial charge in [0.2, 0.25) is 0 Å². The number of rotatable bonds is 5. The van der Waals surface area contributed by atoms with Crippen LogP contribution < -0.4 is 5.32 Å². The minimum absolute atomic E-state index is 0.102. The van der Waals surface area contributed by atoms with Gasteiger partial charge in [-0.25, -0.2) is 4.98 Å². The molecule has 0 aliphatic carbocycles. The summed E-state index contributed by atoms with van der Waals surface area (Å²) in [5.41, 5.74) is 0.745. The molecule has 1 aromatic heterocycles. The highest BCUT2D eigenvalue weighted by Crippen LogP contribution is 2.29. The van der Waals surface area contributed by atoms with Gasteiger partial charge in [-0.3, -0.25) is 4.79 Å². The van der Waals surface area contributed by atoms with E-state index in [4.69, 9.17) is 0 Å². The van der Waals surface area contributed by atoms with Gasteiger partial charge in [0.05, 0.1) is 11.7 Å². The molecule has 1 unspecified atom stereocenters. The van der Waals surface area contributed by atoms with Crippen LogP contribution in [0.5, 0.6) is 0 Å². The van der Waals surface area contributed by atoms with E-state index in [1.807, 2.05) is 31.2 Å². The van der Waals surface area contributed by atoms with E-state index in [1.165, 1.54) is 11.3 Å². The minimum Gasteiger partial charge on any atom is -0.481 e. The number of carbonyl (C=O) groups is 1. The molecule has 1 aromatic carbocycles. The molecule has 112 valence electrons. The van der Waals surface area contributed by atoms with Gasteiger partial charge >= 0.3 is 5.97 Å². The Balaban J connectivity index is 2.12. The first-order chi connectivity index (χ1) is 9.80. The zero-order valence-corrected chi connectivity index (χ0v) is 14.5. The van der Waals surface area contributed by atoms with Gasteiger partial charge in [-0.2, -0.15) is 0 Å². The summed E-state index contributed by atoms with van der Waals surface area (Å²) >= 11 is 4.84. The van der Waals surface area contributed by atoms with Crippen molar-refractivity contribution in [3.8, 4) is 0 Å². The Morgan fingerprint density at radius 2 is 2.00 bits per heavy atom. The van der Waals surface area contributed by atoms with Crippen molar-refractivity contribution in [3.63, 3.8) is 0 Å². The molecule has 1 heterocycles. The lowest BCUT2D eigenvalue weighted by Crippen LogP contribution is -2.28. The topological polar surface area (TPSA) is 62.2 Å². The normalized spacial score (nSPS) is 13.0. The van der Waals surface area contributed by atoms with Crippen LogP contribution in [0.3, 0.4) is 0 Å². The molecule has 0 aliphatic heterocycles. The maximum Gasteiger partial charge on any atom is 0.315 e. The minimum atomic E-state index is -0.975. The molecule has 4 nitrogen and oxygen atoms in total. The van der Waals surface area contributed by atoms with Gasteiger partial charge in [0, 0.05) is 9.85 Å². The standard InChI is InChI=1S/C15H17BrN2O2S/c1-9(10-4-6-11(16)7-5-10)17-14-18-12(8-21-14)15(2,3)13(19)20/h4-9H,1-3H3,(H,17,18)(H,19,20). The molecule has 2 rings (SSSR count). The number of hydrogen-bond donors (Lipinski definition) is 2. The third-order valence-corrected chi connectivity index (χ3v) is 4.69. The van der Waals surface area contributed by atoms with Crippen LogP contribution in [0.15, 0.2) is 34.1 Å². The van der Waals surface area contributed by atoms with Crippen LogP contribution in [0, 0.1) is 0 Å². The maximum absolute atomic E-state index is 11.2. The second kappa shape index (κ2) is 6.15. The number of halogens is 1. The van der Waals surface area contributed by atoms with Gasteiger partial charge in [-0.15, -0.1) is 11.3 Å². The summed E-state index contributed by atoms with van der Waals surface area (Å²) in [6.07, 6.45) is 0. The molecule has 1 atom stereocenters. The van der Waals surface area contributed by atoms with Gasteiger partial charge in [0.25, 0.3) is 0 Å². The Kier molecular flexibility index (Phi) is 4.68. The van der Waals surface area contributed by atoms with E-state index in [-0.39, 0.29) is 6.04 Å². The van der Waals surface area contributed by atoms with Gasteiger partial charge in [0.1, 0.15) is 5.41 Å². The van der Waals surface area contributed by atoms with Crippen LogP contribution in [0.1, 0.15) is 38.1 Å². The molecule has 0 saturated carbocycles. The number of benzene rings is 1. The lowest BCUT2D eigenvalue weighted by Gasteiger charge is -2.16. The van der Waals surface area contributed by atoms with Crippen molar-refractivity contribution in [1.29, 1.82) is 0 Å². The lowest BCUT2D eigenvalue weighted by molar-refractivity contribution is -0.142. The van der Waals surface area contributed by atoms with Crippen LogP contribution in [-0.4, -0.2) is 16.1 Å². The molecule has 0 radical (unpaired) electrons. The van der Waals surface area contributed by atoms with Crippen LogP contribution in [0.25, 0.3) is 0 Å². The van der Waals surface area contributed by atoms with E-state index in [9.17, 15) is 9.90 Å². The second-order valence-corrected chi connectivity index (χ2v) is 7.16. The highest BCUT2D eigenvalue weighted by atomic mass is 79.9. The lowest BCUT2D eigenvalue weighted by atomic mass is 9.90. The average Bonchev–Trinajstić information content (AvgIpc) is 2.88. The smallest absolute Gasteiger partial charge is 0.315 e. The molecule has 6 heteroatoms. The highest BCUT2D eigenvalue weighted by molar-refractivity contribution is 9.10. The quantitative estimate of drug-likeness (QED) is 0.818. The number of thiazole rings is 1. The Hall–Kier alpha value is -1.40. The highest BCUT2D eigenvalue weighted by Gasteiger charge is 2.32. The number of aliphatic carboxylic acids is 1. The molecular formula is C15H17BrN2O2S. The molecule has 0 amide bonds. The van der Waals surface area contributed by atoms with E-state index in [1.54, 1.807) is 19.2 Å². The molecule has 0 saturated heterocycles. The zero-order chi connectivity index (χ0) is 15.6. The molecule has 0 fully saturated rings. The van der Waals surface area contributed by atoms with Gasteiger partial charge < -0.3 is 10.4 Å². The fraction of sp³-hybridized carbons (Fsp3) is 0.333. The number of carboxylic acids is 1. The van der Waals surface area contributed by atoms with E-state index in [2.05, 4.69) is 26.2 Å². The number of nitrogens with one attached hydrogen (secondary N) is 1. The summed E-state index contributed by atoms with van der Waals surface area (Å²) in [5, 5.41) is 15.1. The van der Waals surface area contributed by atoms with Crippen molar-refractivity contribution in [3.05, 3.63) is 45.4 Å². The molecule has 0 aliphatic rings. The van der Waals surface area contributed by atoms with Gasteiger partial charge in [0.15, 0.2) is 5.13 Å². The zero-order valence-electron chi connectivity index (χ0n) is 12.1. The Morgan fingerprint density at radius 3 is 2.57 bits per heavy atom. The van der Waals surface area contributed by atoms with Crippen LogP contribution >= 0.6 is 27.3 Å². The van der Waals surface area contributed by atoms with E-state index < -0.39 is 11.4 Å². The van der Waals surface area contributed by atoms with E-state index in [0.29, 0.717) is 5.69 Å². The van der Waals surface area contributed by atoms with Crippen LogP contribution in [0.4, 0.5) is 5.13 Å². The van der Waals surface area contributed by atoms with Crippen LogP contribution in [-0.2, 0) is 10.2 Å². The van der Waals surface area contributed by atoms with E-state index in [0.717, 1.165) is 15.2 Å². The summed E-state index contributed by atoms with van der Waals surface area (Å²) in [6, 6.07) is 8.17. The Bertz CT molecular complexity index is 637. The molecule has 2 aromatic rings. The first-order valence-corrected chi connectivity index (χ1v) is 8.19. The Labute approximate surface area is 136 Å². The fourth-order valence-electron chi connectivity index (χ4n) is 1.76. The fourth-order valence-corrected chi connectivity index (χ4v) is 2.99. The third-order valence-electron chi connectivity index (χ3n) is 3.39. The molecular weight excluding hydrogens is 352 g/mol. The second-order valence-electron chi connectivity index (χ2n) is 5.39. The Morgan fingerprint density at radius 1 is 1.38 bits per heavy atom. The first-order valence-electron chi connectivity index (χ1n) is 6.52. The number of anilines is 1. The number of aromatic nitrogens is 1. The van der Waals surface area contributed by atoms with Gasteiger partial charge in [-0.05, 0) is 38.5 Å². The van der Waals surface area contributed by atoms with Gasteiger partial charge in [-0.1, -0.05) is 28.1 Å². The predicted octanol–water partition coefficient (Wildman–Crippen LogP) is 4.44. The van der Waals surface area contributed by atoms with Crippen molar-refractivity contribution >= 4 is 38.4 Å². The number of carboxylic acid groups (broad SMARTS) is 1. The molecule has 0 bridgehead atoms. The number of nitrogens with zero attached hydrogens (tertiary/aromatic N) is 1. The third kappa shape index (κ3) is 3.63. The first kappa shape index (κ1) is 16.0. The average molecular weight is 369 g/mol. The maximum atomic E-state index is 11.2. The van der Waals surface area contributed by atoms with Crippen LogP contribution in [0.2, 0.25) is 0 Å². The van der Waals surface area contributed by atoms with Crippen molar-refractivity contribution in [2.24, 2.45) is 0 Å². The van der Waals surface area contributed by atoms with Crippen molar-refractivity contribution in [2.45, 2.75) is 32.2 Å². The van der Waals surface area contributed by atoms with Crippen molar-refractivity contribution in [1.82, 2.24) is 4.98 Å². The predicted molar refractivity (Wildman–Crippen MR) is 89.0 cm³/mol. The summed E-state index contributed by atoms with van der Waals surface area (Å²) < 4.78 is 1.04. The van der Waals surface area contributed by atoms with Crippen molar-refractivity contribution in [2.75, 3.05) is 5.32 Å². The monoisotopic (exact) mass is 368 g/mol. The summed E-state index contributed by atoms with van der Waals surface area (Å²) in [5.74, 6) is -0.875. The number of hydrogen-bond acceptors (Lipinski definition) is 4. The summed E-state index contributed by atoms with van der Waals surface area (Å²) in [6.45, 7) is 5.37. The SMILES string of the molecule is CC(Nc1nc(C(C)(C)C(=O)O)cs1)c1ccc(Br)cc1. The van der Waals surface area contributed by atoms with E-state index >= 15 is 0 Å².